The molecule has 1 aromatic carbocycles. The van der Waals surface area contributed by atoms with E-state index < -0.39 is 24.4 Å². The van der Waals surface area contributed by atoms with Crippen molar-refractivity contribution >= 4 is 35.6 Å². The van der Waals surface area contributed by atoms with Gasteiger partial charge in [0, 0.05) is 23.1 Å². The Balaban J connectivity index is 1.62. The molecule has 136 valence electrons. The number of furan rings is 1. The van der Waals surface area contributed by atoms with Gasteiger partial charge in [-0.05, 0) is 37.3 Å². The molecule has 26 heavy (non-hydrogen) atoms. The first kappa shape index (κ1) is 19.5. The monoisotopic (exact) mass is 373 g/mol. The number of benzene rings is 1. The Bertz CT molecular complexity index is 782. The Hall–Kier alpha value is -2.80. The van der Waals surface area contributed by atoms with E-state index in [1.54, 1.807) is 19.1 Å². The third-order valence-electron chi connectivity index (χ3n) is 3.11. The second-order valence-electron chi connectivity index (χ2n) is 5.27. The van der Waals surface area contributed by atoms with E-state index in [4.69, 9.17) is 9.15 Å². The number of esters is 1. The number of carbonyl (C=O) groups is 3. The summed E-state index contributed by atoms with van der Waals surface area (Å²) in [5.41, 5.74) is 0. The van der Waals surface area contributed by atoms with Gasteiger partial charge in [0.25, 0.3) is 5.91 Å². The molecule has 0 fully saturated rings. The number of thioether (sulfide) groups is 1. The second kappa shape index (κ2) is 10.2. The fourth-order valence-corrected chi connectivity index (χ4v) is 2.78. The zero-order valence-corrected chi connectivity index (χ0v) is 15.1. The van der Waals surface area contributed by atoms with Crippen molar-refractivity contribution in [2.45, 2.75) is 18.2 Å². The molecule has 0 atom stereocenters. The molecule has 2 rings (SSSR count). The summed E-state index contributed by atoms with van der Waals surface area (Å²) in [6, 6.07) is 13.1. The molecule has 2 aromatic rings. The van der Waals surface area contributed by atoms with Gasteiger partial charge in [0.1, 0.15) is 11.5 Å². The van der Waals surface area contributed by atoms with Crippen LogP contribution in [0.4, 0.5) is 0 Å². The SMILES string of the molecule is Cc1ccc(/C=C/C(=O)OCC(=O)NC(=O)CCSc2ccccc2)o1. The number of carbonyl (C=O) groups excluding carboxylic acids is 3. The van der Waals surface area contributed by atoms with Crippen molar-refractivity contribution in [1.29, 1.82) is 0 Å². The molecular formula is C19H19NO5S. The smallest absolute Gasteiger partial charge is 0.331 e. The number of ether oxygens (including phenoxy) is 1. The van der Waals surface area contributed by atoms with E-state index in [0.29, 0.717) is 11.5 Å². The van der Waals surface area contributed by atoms with Crippen LogP contribution < -0.4 is 5.32 Å². The number of nitrogens with one attached hydrogen (secondary N) is 1. The summed E-state index contributed by atoms with van der Waals surface area (Å²) >= 11 is 1.52. The molecule has 0 radical (unpaired) electrons. The highest BCUT2D eigenvalue weighted by Gasteiger charge is 2.10. The zero-order chi connectivity index (χ0) is 18.8. The standard InChI is InChI=1S/C19H19NO5S/c1-14-7-8-15(25-14)9-10-19(23)24-13-18(22)20-17(21)11-12-26-16-5-3-2-4-6-16/h2-10H,11-13H2,1H3,(H,20,21,22)/b10-9+. The Kier molecular flexibility index (Phi) is 7.70. The lowest BCUT2D eigenvalue weighted by molar-refractivity contribution is -0.145. The van der Waals surface area contributed by atoms with E-state index >= 15 is 0 Å². The maximum atomic E-state index is 11.7. The van der Waals surface area contributed by atoms with E-state index in [-0.39, 0.29) is 6.42 Å². The Morgan fingerprint density at radius 1 is 1.12 bits per heavy atom. The van der Waals surface area contributed by atoms with Crippen LogP contribution in [0, 0.1) is 6.92 Å². The molecule has 1 heterocycles. The normalized spacial score (nSPS) is 10.7. The minimum Gasteiger partial charge on any atom is -0.462 e. The fraction of sp³-hybridized carbons (Fsp3) is 0.211. The highest BCUT2D eigenvalue weighted by atomic mass is 32.2. The molecule has 6 nitrogen and oxygen atoms in total. The average Bonchev–Trinajstić information content (AvgIpc) is 3.04. The molecule has 1 aromatic heterocycles. The lowest BCUT2D eigenvalue weighted by atomic mass is 10.4. The van der Waals surface area contributed by atoms with Gasteiger partial charge >= 0.3 is 5.97 Å². The molecule has 0 saturated carbocycles. The summed E-state index contributed by atoms with van der Waals surface area (Å²) in [5, 5.41) is 2.19. The van der Waals surface area contributed by atoms with Gasteiger partial charge in [-0.3, -0.25) is 14.9 Å². The molecule has 0 bridgehead atoms. The van der Waals surface area contributed by atoms with Crippen LogP contribution in [-0.2, 0) is 19.1 Å². The number of imide groups is 1. The molecule has 0 unspecified atom stereocenters. The number of aryl methyl sites for hydroxylation is 1. The van der Waals surface area contributed by atoms with Crippen molar-refractivity contribution in [2.75, 3.05) is 12.4 Å². The Morgan fingerprint density at radius 3 is 2.58 bits per heavy atom. The van der Waals surface area contributed by atoms with Gasteiger partial charge in [-0.1, -0.05) is 18.2 Å². The lowest BCUT2D eigenvalue weighted by Gasteiger charge is -2.04. The highest BCUT2D eigenvalue weighted by molar-refractivity contribution is 7.99. The van der Waals surface area contributed by atoms with Crippen molar-refractivity contribution in [3.8, 4) is 0 Å². The molecule has 2 amide bonds. The first-order valence-corrected chi connectivity index (χ1v) is 8.93. The van der Waals surface area contributed by atoms with Crippen LogP contribution >= 0.6 is 11.8 Å². The summed E-state index contributed by atoms with van der Waals surface area (Å²) in [6.07, 6.45) is 2.79. The van der Waals surface area contributed by atoms with E-state index in [1.807, 2.05) is 30.3 Å². The van der Waals surface area contributed by atoms with Crippen molar-refractivity contribution in [3.05, 3.63) is 60.1 Å². The van der Waals surface area contributed by atoms with Gasteiger partial charge in [-0.15, -0.1) is 11.8 Å². The quantitative estimate of drug-likeness (QED) is 0.435. The maximum Gasteiger partial charge on any atom is 0.331 e. The van der Waals surface area contributed by atoms with Crippen LogP contribution in [0.25, 0.3) is 6.08 Å². The largest absolute Gasteiger partial charge is 0.462 e. The van der Waals surface area contributed by atoms with Crippen molar-refractivity contribution in [1.82, 2.24) is 5.32 Å². The second-order valence-corrected chi connectivity index (χ2v) is 6.44. The van der Waals surface area contributed by atoms with E-state index in [2.05, 4.69) is 5.32 Å². The van der Waals surface area contributed by atoms with Gasteiger partial charge in [-0.25, -0.2) is 4.79 Å². The molecular weight excluding hydrogens is 354 g/mol. The number of amides is 2. The number of hydrogen-bond acceptors (Lipinski definition) is 6. The minimum atomic E-state index is -0.693. The molecule has 0 aliphatic carbocycles. The minimum absolute atomic E-state index is 0.191. The third-order valence-corrected chi connectivity index (χ3v) is 4.12. The summed E-state index contributed by atoms with van der Waals surface area (Å²) in [4.78, 5) is 35.9. The van der Waals surface area contributed by atoms with Crippen LogP contribution in [0.15, 0.2) is 57.9 Å². The first-order chi connectivity index (χ1) is 12.5. The van der Waals surface area contributed by atoms with Gasteiger partial charge < -0.3 is 9.15 Å². The predicted octanol–water partition coefficient (Wildman–Crippen LogP) is 2.97. The van der Waals surface area contributed by atoms with Crippen molar-refractivity contribution in [2.24, 2.45) is 0 Å². The summed E-state index contributed by atoms with van der Waals surface area (Å²) in [6.45, 7) is 1.27. The van der Waals surface area contributed by atoms with Gasteiger partial charge in [0.15, 0.2) is 6.61 Å². The summed E-state index contributed by atoms with van der Waals surface area (Å²) < 4.78 is 10.0. The Morgan fingerprint density at radius 2 is 1.88 bits per heavy atom. The van der Waals surface area contributed by atoms with Crippen molar-refractivity contribution in [3.63, 3.8) is 0 Å². The van der Waals surface area contributed by atoms with E-state index in [1.165, 1.54) is 17.8 Å². The van der Waals surface area contributed by atoms with Crippen LogP contribution in [0.3, 0.4) is 0 Å². The molecule has 0 aliphatic heterocycles. The molecule has 1 N–H and O–H groups in total. The molecule has 0 spiro atoms. The van der Waals surface area contributed by atoms with Crippen LogP contribution in [0.2, 0.25) is 0 Å². The summed E-state index contributed by atoms with van der Waals surface area (Å²) in [5.74, 6) is 0.0257. The molecule has 0 saturated heterocycles. The van der Waals surface area contributed by atoms with Crippen LogP contribution in [0.1, 0.15) is 17.9 Å². The maximum absolute atomic E-state index is 11.7. The topological polar surface area (TPSA) is 85.6 Å². The van der Waals surface area contributed by atoms with E-state index in [0.717, 1.165) is 16.7 Å². The van der Waals surface area contributed by atoms with Gasteiger partial charge in [0.05, 0.1) is 0 Å². The predicted molar refractivity (Wildman–Crippen MR) is 98.4 cm³/mol. The molecule has 7 heteroatoms. The Labute approximate surface area is 155 Å². The average molecular weight is 373 g/mol. The number of rotatable bonds is 8. The highest BCUT2D eigenvalue weighted by Crippen LogP contribution is 2.17. The number of hydrogen-bond donors (Lipinski definition) is 1. The van der Waals surface area contributed by atoms with Gasteiger partial charge in [-0.2, -0.15) is 0 Å². The van der Waals surface area contributed by atoms with Gasteiger partial charge in [0.2, 0.25) is 5.91 Å². The molecule has 0 aliphatic rings. The van der Waals surface area contributed by atoms with E-state index in [9.17, 15) is 14.4 Å². The third kappa shape index (κ3) is 7.40. The zero-order valence-electron chi connectivity index (χ0n) is 14.3. The van der Waals surface area contributed by atoms with Crippen molar-refractivity contribution < 1.29 is 23.5 Å². The van der Waals surface area contributed by atoms with Crippen LogP contribution in [-0.4, -0.2) is 30.1 Å². The van der Waals surface area contributed by atoms with Crippen LogP contribution in [0.5, 0.6) is 0 Å². The lowest BCUT2D eigenvalue weighted by Crippen LogP contribution is -2.34. The first-order valence-electron chi connectivity index (χ1n) is 7.95. The summed E-state index contributed by atoms with van der Waals surface area (Å²) in [7, 11) is 0. The fourth-order valence-electron chi connectivity index (χ4n) is 1.91.